The van der Waals surface area contributed by atoms with Crippen LogP contribution in [0.3, 0.4) is 0 Å². The minimum Gasteiger partial charge on any atom is -0.493 e. The van der Waals surface area contributed by atoms with E-state index in [4.69, 9.17) is 21.1 Å². The molecule has 0 aliphatic carbocycles. The molecule has 31 heavy (non-hydrogen) atoms. The summed E-state index contributed by atoms with van der Waals surface area (Å²) < 4.78 is 51.0. The molecule has 2 amide bonds. The number of nitrogens with zero attached hydrogens (tertiary/aromatic N) is 2. The van der Waals surface area contributed by atoms with Gasteiger partial charge in [-0.3, -0.25) is 9.59 Å². The molecule has 0 N–H and O–H groups in total. The number of hydrogen-bond donors (Lipinski definition) is 0. The van der Waals surface area contributed by atoms with Crippen LogP contribution in [-0.2, 0) is 6.18 Å². The molecule has 0 saturated carbocycles. The zero-order chi connectivity index (χ0) is 22.9. The van der Waals surface area contributed by atoms with Crippen molar-refractivity contribution in [3.63, 3.8) is 0 Å². The Labute approximate surface area is 182 Å². The average Bonchev–Trinajstić information content (AvgIpc) is 2.94. The number of imide groups is 1. The van der Waals surface area contributed by atoms with Crippen molar-refractivity contribution in [3.8, 4) is 11.5 Å². The first-order valence-corrected chi connectivity index (χ1v) is 9.77. The van der Waals surface area contributed by atoms with Crippen molar-refractivity contribution in [3.05, 3.63) is 52.0 Å². The standard InChI is InChI=1S/C21H20ClF3N2O4/c1-4-30-15-7-8-16(31-10-9-26(2)3)18-17(15)19(28)27(20(18)29)12-5-6-14(22)13(11-12)21(23,24)25/h5-8,11H,4,9-10H2,1-3H3. The summed E-state index contributed by atoms with van der Waals surface area (Å²) in [5.74, 6) is -1.27. The van der Waals surface area contributed by atoms with Crippen molar-refractivity contribution in [1.29, 1.82) is 0 Å². The summed E-state index contributed by atoms with van der Waals surface area (Å²) in [4.78, 5) is 28.9. The molecule has 0 aromatic heterocycles. The molecule has 2 aromatic rings. The molecule has 1 heterocycles. The molecule has 0 spiro atoms. The van der Waals surface area contributed by atoms with Gasteiger partial charge in [-0.2, -0.15) is 13.2 Å². The van der Waals surface area contributed by atoms with E-state index in [-0.39, 0.29) is 41.5 Å². The lowest BCUT2D eigenvalue weighted by molar-refractivity contribution is -0.137. The smallest absolute Gasteiger partial charge is 0.417 e. The number of ether oxygens (including phenoxy) is 2. The van der Waals surface area contributed by atoms with Gasteiger partial charge in [-0.05, 0) is 51.4 Å². The number of benzene rings is 2. The number of hydrogen-bond acceptors (Lipinski definition) is 5. The maximum Gasteiger partial charge on any atom is 0.417 e. The van der Waals surface area contributed by atoms with Gasteiger partial charge in [-0.25, -0.2) is 4.90 Å². The van der Waals surface area contributed by atoms with E-state index in [9.17, 15) is 22.8 Å². The fraction of sp³-hybridized carbons (Fsp3) is 0.333. The maximum absolute atomic E-state index is 13.3. The molecular weight excluding hydrogens is 437 g/mol. The van der Waals surface area contributed by atoms with Crippen LogP contribution in [0.25, 0.3) is 0 Å². The Bertz CT molecular complexity index is 1020. The highest BCUT2D eigenvalue weighted by molar-refractivity contribution is 6.36. The molecule has 10 heteroatoms. The maximum atomic E-state index is 13.3. The van der Waals surface area contributed by atoms with Gasteiger partial charge >= 0.3 is 6.18 Å². The van der Waals surface area contributed by atoms with E-state index < -0.39 is 28.6 Å². The molecule has 2 aromatic carbocycles. The Balaban J connectivity index is 2.07. The second kappa shape index (κ2) is 8.76. The Kier molecular flexibility index (Phi) is 6.47. The molecule has 166 valence electrons. The van der Waals surface area contributed by atoms with E-state index in [1.54, 1.807) is 6.92 Å². The summed E-state index contributed by atoms with van der Waals surface area (Å²) in [5, 5.41) is -0.532. The van der Waals surface area contributed by atoms with Crippen LogP contribution in [0.2, 0.25) is 5.02 Å². The Morgan fingerprint density at radius 2 is 1.58 bits per heavy atom. The van der Waals surface area contributed by atoms with Gasteiger partial charge in [0.25, 0.3) is 11.8 Å². The van der Waals surface area contributed by atoms with Gasteiger partial charge in [0.1, 0.15) is 18.1 Å². The largest absolute Gasteiger partial charge is 0.493 e. The topological polar surface area (TPSA) is 59.1 Å². The van der Waals surface area contributed by atoms with Crippen molar-refractivity contribution < 1.29 is 32.2 Å². The first-order chi connectivity index (χ1) is 14.6. The Morgan fingerprint density at radius 3 is 2.10 bits per heavy atom. The SMILES string of the molecule is CCOc1ccc(OCCN(C)C)c2c1C(=O)N(c1ccc(Cl)c(C(F)(F)F)c1)C2=O. The number of amides is 2. The third-order valence-electron chi connectivity index (χ3n) is 4.57. The highest BCUT2D eigenvalue weighted by Crippen LogP contribution is 2.42. The van der Waals surface area contributed by atoms with Crippen molar-refractivity contribution in [1.82, 2.24) is 4.90 Å². The van der Waals surface area contributed by atoms with Crippen molar-refractivity contribution in [2.24, 2.45) is 0 Å². The van der Waals surface area contributed by atoms with Crippen molar-refractivity contribution in [2.75, 3.05) is 38.8 Å². The van der Waals surface area contributed by atoms with E-state index in [0.717, 1.165) is 6.07 Å². The normalized spacial score (nSPS) is 13.7. The molecule has 0 atom stereocenters. The number of alkyl halides is 3. The second-order valence-electron chi connectivity index (χ2n) is 7.00. The highest BCUT2D eigenvalue weighted by atomic mass is 35.5. The van der Waals surface area contributed by atoms with Crippen LogP contribution in [0.4, 0.5) is 18.9 Å². The van der Waals surface area contributed by atoms with Crippen LogP contribution in [0.5, 0.6) is 11.5 Å². The second-order valence-corrected chi connectivity index (χ2v) is 7.41. The first-order valence-electron chi connectivity index (χ1n) is 9.39. The Hall–Kier alpha value is -2.78. The minimum atomic E-state index is -4.75. The zero-order valence-corrected chi connectivity index (χ0v) is 17.8. The number of carbonyl (C=O) groups is 2. The predicted octanol–water partition coefficient (Wildman–Crippen LogP) is 4.50. The number of carbonyl (C=O) groups excluding carboxylic acids is 2. The molecule has 6 nitrogen and oxygen atoms in total. The van der Waals surface area contributed by atoms with E-state index in [1.165, 1.54) is 18.2 Å². The lowest BCUT2D eigenvalue weighted by atomic mass is 10.1. The van der Waals surface area contributed by atoms with Gasteiger partial charge in [0.05, 0.1) is 34.0 Å². The number of rotatable bonds is 7. The lowest BCUT2D eigenvalue weighted by Crippen LogP contribution is -2.30. The van der Waals surface area contributed by atoms with Gasteiger partial charge in [-0.1, -0.05) is 11.6 Å². The fourth-order valence-corrected chi connectivity index (χ4v) is 3.37. The van der Waals surface area contributed by atoms with Crippen LogP contribution in [0.1, 0.15) is 33.2 Å². The zero-order valence-electron chi connectivity index (χ0n) is 17.0. The van der Waals surface area contributed by atoms with Crippen LogP contribution in [0.15, 0.2) is 30.3 Å². The summed E-state index contributed by atoms with van der Waals surface area (Å²) in [7, 11) is 3.70. The summed E-state index contributed by atoms with van der Waals surface area (Å²) in [5.41, 5.74) is -1.48. The van der Waals surface area contributed by atoms with Crippen LogP contribution in [-0.4, -0.2) is 50.6 Å². The molecule has 0 radical (unpaired) electrons. The van der Waals surface area contributed by atoms with E-state index in [2.05, 4.69) is 0 Å². The molecule has 0 unspecified atom stereocenters. The average molecular weight is 457 g/mol. The van der Waals surface area contributed by atoms with Crippen LogP contribution < -0.4 is 14.4 Å². The molecule has 0 fully saturated rings. The molecule has 0 bridgehead atoms. The molecular formula is C21H20ClF3N2O4. The molecule has 3 rings (SSSR count). The van der Waals surface area contributed by atoms with Gasteiger partial charge < -0.3 is 14.4 Å². The third kappa shape index (κ3) is 4.47. The Morgan fingerprint density at radius 1 is 1.00 bits per heavy atom. The number of fused-ring (bicyclic) bond motifs is 1. The molecule has 0 saturated heterocycles. The summed E-state index contributed by atoms with van der Waals surface area (Å²) in [6.07, 6.45) is -4.75. The molecule has 1 aliphatic rings. The van der Waals surface area contributed by atoms with E-state index in [0.29, 0.717) is 17.5 Å². The third-order valence-corrected chi connectivity index (χ3v) is 4.90. The van der Waals surface area contributed by atoms with E-state index in [1.807, 2.05) is 19.0 Å². The van der Waals surface area contributed by atoms with Gasteiger partial charge in [0.2, 0.25) is 0 Å². The van der Waals surface area contributed by atoms with Crippen LogP contribution >= 0.6 is 11.6 Å². The fourth-order valence-electron chi connectivity index (χ4n) is 3.14. The quantitative estimate of drug-likeness (QED) is 0.574. The number of halogens is 4. The minimum absolute atomic E-state index is 0.0433. The molecule has 1 aliphatic heterocycles. The van der Waals surface area contributed by atoms with Gasteiger partial charge in [-0.15, -0.1) is 0 Å². The van der Waals surface area contributed by atoms with Gasteiger partial charge in [0.15, 0.2) is 0 Å². The number of anilines is 1. The summed E-state index contributed by atoms with van der Waals surface area (Å²) in [6.45, 7) is 2.74. The van der Waals surface area contributed by atoms with Gasteiger partial charge in [0, 0.05) is 6.54 Å². The first kappa shape index (κ1) is 22.9. The summed E-state index contributed by atoms with van der Waals surface area (Å²) >= 11 is 5.67. The van der Waals surface area contributed by atoms with E-state index >= 15 is 0 Å². The van der Waals surface area contributed by atoms with Crippen molar-refractivity contribution in [2.45, 2.75) is 13.1 Å². The summed E-state index contributed by atoms with van der Waals surface area (Å²) in [6, 6.07) is 5.88. The highest BCUT2D eigenvalue weighted by Gasteiger charge is 2.43. The lowest BCUT2D eigenvalue weighted by Gasteiger charge is -2.17. The monoisotopic (exact) mass is 456 g/mol. The van der Waals surface area contributed by atoms with Crippen molar-refractivity contribution >= 4 is 29.1 Å². The number of likely N-dealkylation sites (N-methyl/N-ethyl adjacent to an activating group) is 1. The predicted molar refractivity (Wildman–Crippen MR) is 109 cm³/mol. The van der Waals surface area contributed by atoms with Crippen LogP contribution in [0, 0.1) is 0 Å².